The summed E-state index contributed by atoms with van der Waals surface area (Å²) < 4.78 is 19.4. The molecule has 2 unspecified atom stereocenters. The summed E-state index contributed by atoms with van der Waals surface area (Å²) in [4.78, 5) is 0.978. The highest BCUT2D eigenvalue weighted by atomic mass is 32.2. The van der Waals surface area contributed by atoms with Gasteiger partial charge in [-0.15, -0.1) is 11.8 Å². The third-order valence-electron chi connectivity index (χ3n) is 4.23. The molecule has 0 aliphatic carbocycles. The minimum Gasteiger partial charge on any atom is -0.369 e. The van der Waals surface area contributed by atoms with Crippen molar-refractivity contribution in [3.63, 3.8) is 0 Å². The Morgan fingerprint density at radius 1 is 1.38 bits per heavy atom. The fourth-order valence-electron chi connectivity index (χ4n) is 3.38. The van der Waals surface area contributed by atoms with Crippen molar-refractivity contribution in [3.8, 4) is 0 Å². The van der Waals surface area contributed by atoms with Crippen LogP contribution in [0.15, 0.2) is 29.2 Å². The molecule has 0 aromatic heterocycles. The van der Waals surface area contributed by atoms with E-state index in [1.54, 1.807) is 23.9 Å². The molecule has 1 aromatic rings. The Morgan fingerprint density at radius 3 is 2.62 bits per heavy atom. The Morgan fingerprint density at radius 2 is 2.10 bits per heavy atom. The second kappa shape index (κ2) is 6.27. The zero-order valence-electron chi connectivity index (χ0n) is 13.6. The van der Waals surface area contributed by atoms with Crippen LogP contribution in [0.2, 0.25) is 0 Å². The maximum atomic E-state index is 13.3. The molecule has 2 rings (SSSR count). The molecule has 1 aromatic carbocycles. The third-order valence-corrected chi connectivity index (χ3v) is 5.34. The molecule has 1 aliphatic rings. The average Bonchev–Trinajstić information content (AvgIpc) is 2.58. The van der Waals surface area contributed by atoms with E-state index in [9.17, 15) is 4.39 Å². The summed E-state index contributed by atoms with van der Waals surface area (Å²) >= 11 is 1.70. The van der Waals surface area contributed by atoms with Crippen molar-refractivity contribution in [3.05, 3.63) is 30.1 Å². The van der Waals surface area contributed by atoms with Gasteiger partial charge in [-0.1, -0.05) is 6.07 Å². The van der Waals surface area contributed by atoms with E-state index in [4.69, 9.17) is 4.74 Å². The summed E-state index contributed by atoms with van der Waals surface area (Å²) in [6.07, 6.45) is 1.04. The minimum absolute atomic E-state index is 0.0766. The van der Waals surface area contributed by atoms with E-state index in [2.05, 4.69) is 33.0 Å². The van der Waals surface area contributed by atoms with Gasteiger partial charge in [-0.3, -0.25) is 0 Å². The lowest BCUT2D eigenvalue weighted by atomic mass is 9.82. The first kappa shape index (κ1) is 16.8. The van der Waals surface area contributed by atoms with E-state index in [1.165, 1.54) is 6.07 Å². The van der Waals surface area contributed by atoms with E-state index in [1.807, 2.05) is 13.1 Å². The van der Waals surface area contributed by atoms with Crippen molar-refractivity contribution in [2.75, 3.05) is 12.8 Å². The molecule has 0 amide bonds. The van der Waals surface area contributed by atoms with Gasteiger partial charge in [-0.25, -0.2) is 4.39 Å². The maximum absolute atomic E-state index is 13.3. The normalized spacial score (nSPS) is 25.0. The van der Waals surface area contributed by atoms with Crippen LogP contribution in [0, 0.1) is 11.7 Å². The predicted octanol–water partition coefficient (Wildman–Crippen LogP) is 4.10. The fraction of sp³-hybridized carbons (Fsp3) is 0.647. The minimum atomic E-state index is -0.174. The first-order valence-electron chi connectivity index (χ1n) is 7.49. The summed E-state index contributed by atoms with van der Waals surface area (Å²) in [7, 11) is 2.00. The smallest absolute Gasteiger partial charge is 0.124 e. The highest BCUT2D eigenvalue weighted by Crippen LogP contribution is 2.44. The second-order valence-electron chi connectivity index (χ2n) is 6.94. The van der Waals surface area contributed by atoms with Gasteiger partial charge in [0.05, 0.1) is 11.2 Å². The Kier molecular flexibility index (Phi) is 5.01. The standard InChI is InChI=1S/C17H26FNOS/c1-16(2)10-14(17(3,4)20-16)15(19-5)11-21-13-8-6-7-12(18)9-13/h6-9,14-15,19H,10-11H2,1-5H3. The molecule has 21 heavy (non-hydrogen) atoms. The largest absolute Gasteiger partial charge is 0.369 e. The van der Waals surface area contributed by atoms with Gasteiger partial charge in [-0.2, -0.15) is 0 Å². The van der Waals surface area contributed by atoms with Gasteiger partial charge in [0.25, 0.3) is 0 Å². The summed E-state index contributed by atoms with van der Waals surface area (Å²) in [6, 6.07) is 7.14. The van der Waals surface area contributed by atoms with Crippen molar-refractivity contribution in [2.45, 2.75) is 56.3 Å². The Balaban J connectivity index is 2.03. The van der Waals surface area contributed by atoms with Gasteiger partial charge in [0.2, 0.25) is 0 Å². The zero-order chi connectivity index (χ0) is 15.7. The number of ether oxygens (including phenoxy) is 1. The maximum Gasteiger partial charge on any atom is 0.124 e. The SMILES string of the molecule is CNC(CSc1cccc(F)c1)C1CC(C)(C)OC1(C)C. The lowest BCUT2D eigenvalue weighted by Gasteiger charge is -2.32. The number of hydrogen-bond donors (Lipinski definition) is 1. The van der Waals surface area contributed by atoms with Gasteiger partial charge in [-0.05, 0) is 59.4 Å². The van der Waals surface area contributed by atoms with Crippen molar-refractivity contribution in [2.24, 2.45) is 5.92 Å². The molecular weight excluding hydrogens is 285 g/mol. The second-order valence-corrected chi connectivity index (χ2v) is 8.03. The number of nitrogens with one attached hydrogen (secondary N) is 1. The number of halogens is 1. The molecule has 1 heterocycles. The van der Waals surface area contributed by atoms with E-state index in [-0.39, 0.29) is 17.0 Å². The summed E-state index contributed by atoms with van der Waals surface area (Å²) in [5.41, 5.74) is -0.216. The summed E-state index contributed by atoms with van der Waals surface area (Å²) in [6.45, 7) is 8.65. The molecule has 4 heteroatoms. The molecule has 1 saturated heterocycles. The molecule has 2 nitrogen and oxygen atoms in total. The lowest BCUT2D eigenvalue weighted by Crippen LogP contribution is -2.44. The van der Waals surface area contributed by atoms with Gasteiger partial charge >= 0.3 is 0 Å². The van der Waals surface area contributed by atoms with Crippen LogP contribution in [0.25, 0.3) is 0 Å². The quantitative estimate of drug-likeness (QED) is 0.827. The molecule has 2 atom stereocenters. The van der Waals surface area contributed by atoms with Crippen LogP contribution in [-0.4, -0.2) is 30.0 Å². The van der Waals surface area contributed by atoms with Gasteiger partial charge < -0.3 is 10.1 Å². The van der Waals surface area contributed by atoms with Crippen LogP contribution < -0.4 is 5.32 Å². The fourth-order valence-corrected chi connectivity index (χ4v) is 4.52. The number of thioether (sulfide) groups is 1. The molecule has 0 spiro atoms. The Hall–Kier alpha value is -0.580. The first-order chi connectivity index (χ1) is 9.73. The van der Waals surface area contributed by atoms with Gasteiger partial charge in [0.1, 0.15) is 5.82 Å². The molecule has 0 saturated carbocycles. The van der Waals surface area contributed by atoms with Crippen LogP contribution in [0.4, 0.5) is 4.39 Å². The van der Waals surface area contributed by atoms with Crippen LogP contribution in [0.5, 0.6) is 0 Å². The van der Waals surface area contributed by atoms with Crippen molar-refractivity contribution < 1.29 is 9.13 Å². The number of hydrogen-bond acceptors (Lipinski definition) is 3. The number of rotatable bonds is 5. The topological polar surface area (TPSA) is 21.3 Å². The van der Waals surface area contributed by atoms with Gasteiger partial charge in [0.15, 0.2) is 0 Å². The van der Waals surface area contributed by atoms with Crippen LogP contribution in [-0.2, 0) is 4.74 Å². The molecule has 0 bridgehead atoms. The van der Waals surface area contributed by atoms with E-state index < -0.39 is 0 Å². The zero-order valence-corrected chi connectivity index (χ0v) is 14.4. The van der Waals surface area contributed by atoms with E-state index >= 15 is 0 Å². The third kappa shape index (κ3) is 4.21. The van der Waals surface area contributed by atoms with Crippen LogP contribution in [0.3, 0.4) is 0 Å². The average molecular weight is 311 g/mol. The van der Waals surface area contributed by atoms with E-state index in [0.29, 0.717) is 12.0 Å². The highest BCUT2D eigenvalue weighted by molar-refractivity contribution is 7.99. The molecule has 1 aliphatic heterocycles. The van der Waals surface area contributed by atoms with Crippen LogP contribution >= 0.6 is 11.8 Å². The Bertz CT molecular complexity index is 489. The number of benzene rings is 1. The van der Waals surface area contributed by atoms with Crippen molar-refractivity contribution in [1.29, 1.82) is 0 Å². The summed E-state index contributed by atoms with van der Waals surface area (Å²) in [5, 5.41) is 3.43. The van der Waals surface area contributed by atoms with Crippen molar-refractivity contribution in [1.82, 2.24) is 5.32 Å². The van der Waals surface area contributed by atoms with Crippen LogP contribution in [0.1, 0.15) is 34.1 Å². The lowest BCUT2D eigenvalue weighted by molar-refractivity contribution is -0.0767. The molecule has 0 radical (unpaired) electrons. The Labute approximate surface area is 131 Å². The molecule has 1 fully saturated rings. The first-order valence-corrected chi connectivity index (χ1v) is 8.48. The predicted molar refractivity (Wildman–Crippen MR) is 87.3 cm³/mol. The van der Waals surface area contributed by atoms with Gasteiger partial charge in [0, 0.05) is 22.6 Å². The van der Waals surface area contributed by atoms with Crippen molar-refractivity contribution >= 4 is 11.8 Å². The molecule has 1 N–H and O–H groups in total. The molecular formula is C17H26FNOS. The molecule has 118 valence electrons. The summed E-state index contributed by atoms with van der Waals surface area (Å²) in [5.74, 6) is 1.18. The highest BCUT2D eigenvalue weighted by Gasteiger charge is 2.48. The monoisotopic (exact) mass is 311 g/mol. The van der Waals surface area contributed by atoms with E-state index in [0.717, 1.165) is 17.1 Å².